The number of ether oxygens (including phenoxy) is 1. The highest BCUT2D eigenvalue weighted by atomic mass is 79.9. The van der Waals surface area contributed by atoms with Crippen molar-refractivity contribution in [3.05, 3.63) is 34.3 Å². The van der Waals surface area contributed by atoms with Gasteiger partial charge in [0.15, 0.2) is 0 Å². The van der Waals surface area contributed by atoms with Crippen LogP contribution in [-0.4, -0.2) is 24.9 Å². The minimum atomic E-state index is 0.220. The molecule has 1 fully saturated rings. The van der Waals surface area contributed by atoms with Crippen LogP contribution in [-0.2, 0) is 4.74 Å². The summed E-state index contributed by atoms with van der Waals surface area (Å²) in [4.78, 5) is 0. The van der Waals surface area contributed by atoms with Gasteiger partial charge in [-0.15, -0.1) is 0 Å². The van der Waals surface area contributed by atoms with Gasteiger partial charge in [0.2, 0.25) is 0 Å². The fraction of sp³-hybridized carbons (Fsp3) is 0.500. The van der Waals surface area contributed by atoms with Crippen LogP contribution in [0.15, 0.2) is 28.7 Å². The molecule has 0 spiro atoms. The Morgan fingerprint density at radius 2 is 2.00 bits per heavy atom. The van der Waals surface area contributed by atoms with Crippen molar-refractivity contribution in [3.63, 3.8) is 0 Å². The van der Waals surface area contributed by atoms with E-state index < -0.39 is 0 Å². The standard InChI is InChI=1S/C12H15BrO2/c13-12-3-1-10(2-4-12)11(6-14)5-9-7-15-8-9/h1-4,9,11,14H,5-8H2. The first-order valence-electron chi connectivity index (χ1n) is 5.23. The molecule has 2 rings (SSSR count). The summed E-state index contributed by atoms with van der Waals surface area (Å²) < 4.78 is 6.22. The molecule has 1 aliphatic rings. The lowest BCUT2D eigenvalue weighted by Crippen LogP contribution is -2.29. The zero-order chi connectivity index (χ0) is 10.7. The average Bonchev–Trinajstić information content (AvgIpc) is 2.19. The number of hydrogen-bond donors (Lipinski definition) is 1. The molecule has 0 radical (unpaired) electrons. The Bertz CT molecular complexity index is 306. The van der Waals surface area contributed by atoms with Crippen LogP contribution in [0.4, 0.5) is 0 Å². The minimum absolute atomic E-state index is 0.220. The maximum atomic E-state index is 9.36. The summed E-state index contributed by atoms with van der Waals surface area (Å²) in [6, 6.07) is 8.19. The first-order valence-corrected chi connectivity index (χ1v) is 6.03. The molecule has 1 aromatic carbocycles. The lowest BCUT2D eigenvalue weighted by atomic mass is 9.88. The normalized spacial score (nSPS) is 18.5. The Kier molecular flexibility index (Phi) is 3.78. The zero-order valence-corrected chi connectivity index (χ0v) is 10.1. The maximum Gasteiger partial charge on any atom is 0.0516 e. The van der Waals surface area contributed by atoms with E-state index >= 15 is 0 Å². The van der Waals surface area contributed by atoms with E-state index in [1.54, 1.807) is 0 Å². The van der Waals surface area contributed by atoms with Gasteiger partial charge in [-0.25, -0.2) is 0 Å². The van der Waals surface area contributed by atoms with Gasteiger partial charge in [-0.3, -0.25) is 0 Å². The third kappa shape index (κ3) is 2.80. The van der Waals surface area contributed by atoms with E-state index in [9.17, 15) is 5.11 Å². The Morgan fingerprint density at radius 1 is 1.33 bits per heavy atom. The molecular weight excluding hydrogens is 256 g/mol. The molecule has 82 valence electrons. The SMILES string of the molecule is OCC(CC1COC1)c1ccc(Br)cc1. The summed E-state index contributed by atoms with van der Waals surface area (Å²) >= 11 is 3.41. The molecule has 1 aliphatic heterocycles. The van der Waals surface area contributed by atoms with Crippen LogP contribution in [0.5, 0.6) is 0 Å². The van der Waals surface area contributed by atoms with Gasteiger partial charge < -0.3 is 9.84 Å². The summed E-state index contributed by atoms with van der Waals surface area (Å²) in [6.45, 7) is 1.93. The second-order valence-electron chi connectivity index (χ2n) is 4.07. The number of hydrogen-bond acceptors (Lipinski definition) is 2. The van der Waals surface area contributed by atoms with Gasteiger partial charge in [0.25, 0.3) is 0 Å². The first-order chi connectivity index (χ1) is 7.29. The van der Waals surface area contributed by atoms with Crippen LogP contribution in [0.2, 0.25) is 0 Å². The quantitative estimate of drug-likeness (QED) is 0.912. The molecule has 0 amide bonds. The van der Waals surface area contributed by atoms with Crippen molar-refractivity contribution in [1.29, 1.82) is 0 Å². The van der Waals surface area contributed by atoms with Gasteiger partial charge in [0.1, 0.15) is 0 Å². The number of benzene rings is 1. The van der Waals surface area contributed by atoms with Crippen LogP contribution in [0, 0.1) is 5.92 Å². The van der Waals surface area contributed by atoms with E-state index in [4.69, 9.17) is 4.74 Å². The molecule has 1 unspecified atom stereocenters. The van der Waals surface area contributed by atoms with Gasteiger partial charge in [0, 0.05) is 22.9 Å². The number of aliphatic hydroxyl groups is 1. The average molecular weight is 271 g/mol. The van der Waals surface area contributed by atoms with E-state index in [-0.39, 0.29) is 12.5 Å². The molecule has 1 aromatic rings. The third-order valence-corrected chi connectivity index (χ3v) is 3.42. The van der Waals surface area contributed by atoms with Gasteiger partial charge in [0.05, 0.1) is 13.2 Å². The molecule has 0 bridgehead atoms. The number of rotatable bonds is 4. The molecule has 2 nitrogen and oxygen atoms in total. The van der Waals surface area contributed by atoms with Crippen molar-refractivity contribution >= 4 is 15.9 Å². The fourth-order valence-electron chi connectivity index (χ4n) is 1.87. The molecule has 1 heterocycles. The summed E-state index contributed by atoms with van der Waals surface area (Å²) in [7, 11) is 0. The summed E-state index contributed by atoms with van der Waals surface area (Å²) in [5.41, 5.74) is 1.22. The van der Waals surface area contributed by atoms with Crippen molar-refractivity contribution in [3.8, 4) is 0 Å². The summed E-state index contributed by atoms with van der Waals surface area (Å²) in [5, 5.41) is 9.36. The highest BCUT2D eigenvalue weighted by molar-refractivity contribution is 9.10. The lowest BCUT2D eigenvalue weighted by molar-refractivity contribution is -0.0405. The van der Waals surface area contributed by atoms with Crippen molar-refractivity contribution in [2.24, 2.45) is 5.92 Å². The monoisotopic (exact) mass is 270 g/mol. The Balaban J connectivity index is 2.01. The van der Waals surface area contributed by atoms with E-state index in [0.29, 0.717) is 5.92 Å². The van der Waals surface area contributed by atoms with Crippen LogP contribution < -0.4 is 0 Å². The lowest BCUT2D eigenvalue weighted by Gasteiger charge is -2.29. The maximum absolute atomic E-state index is 9.36. The Hall–Kier alpha value is -0.380. The second-order valence-corrected chi connectivity index (χ2v) is 4.99. The molecule has 3 heteroatoms. The Labute approximate surface area is 98.4 Å². The third-order valence-electron chi connectivity index (χ3n) is 2.89. The van der Waals surface area contributed by atoms with E-state index in [1.807, 2.05) is 12.1 Å². The van der Waals surface area contributed by atoms with Crippen molar-refractivity contribution in [2.75, 3.05) is 19.8 Å². The number of halogens is 1. The molecule has 1 N–H and O–H groups in total. The smallest absolute Gasteiger partial charge is 0.0516 e. The summed E-state index contributed by atoms with van der Waals surface area (Å²) in [6.07, 6.45) is 1.03. The van der Waals surface area contributed by atoms with Crippen LogP contribution >= 0.6 is 15.9 Å². The van der Waals surface area contributed by atoms with Crippen LogP contribution in [0.25, 0.3) is 0 Å². The van der Waals surface area contributed by atoms with Crippen LogP contribution in [0.3, 0.4) is 0 Å². The first kappa shape index (κ1) is 11.1. The molecule has 0 aliphatic carbocycles. The number of aliphatic hydroxyl groups excluding tert-OH is 1. The summed E-state index contributed by atoms with van der Waals surface area (Å²) in [5.74, 6) is 0.887. The fourth-order valence-corrected chi connectivity index (χ4v) is 2.14. The Morgan fingerprint density at radius 3 is 2.47 bits per heavy atom. The van der Waals surface area contributed by atoms with Gasteiger partial charge >= 0.3 is 0 Å². The highest BCUT2D eigenvalue weighted by Crippen LogP contribution is 2.28. The molecule has 1 saturated heterocycles. The van der Waals surface area contributed by atoms with E-state index in [2.05, 4.69) is 28.1 Å². The minimum Gasteiger partial charge on any atom is -0.396 e. The highest BCUT2D eigenvalue weighted by Gasteiger charge is 2.23. The van der Waals surface area contributed by atoms with Crippen molar-refractivity contribution < 1.29 is 9.84 Å². The molecule has 15 heavy (non-hydrogen) atoms. The van der Waals surface area contributed by atoms with Crippen molar-refractivity contribution in [1.82, 2.24) is 0 Å². The van der Waals surface area contributed by atoms with Gasteiger partial charge in [-0.05, 0) is 24.1 Å². The predicted octanol–water partition coefficient (Wildman–Crippen LogP) is 2.56. The van der Waals surface area contributed by atoms with E-state index in [0.717, 1.165) is 24.1 Å². The molecule has 1 atom stereocenters. The molecule has 0 saturated carbocycles. The second kappa shape index (κ2) is 5.10. The largest absolute Gasteiger partial charge is 0.396 e. The molecule has 0 aromatic heterocycles. The van der Waals surface area contributed by atoms with Gasteiger partial charge in [-0.1, -0.05) is 28.1 Å². The zero-order valence-electron chi connectivity index (χ0n) is 8.53. The van der Waals surface area contributed by atoms with Gasteiger partial charge in [-0.2, -0.15) is 0 Å². The molecular formula is C12H15BrO2. The topological polar surface area (TPSA) is 29.5 Å². The predicted molar refractivity (Wildman–Crippen MR) is 62.9 cm³/mol. The van der Waals surface area contributed by atoms with Crippen LogP contribution in [0.1, 0.15) is 17.9 Å². The van der Waals surface area contributed by atoms with Crippen molar-refractivity contribution in [2.45, 2.75) is 12.3 Å². The van der Waals surface area contributed by atoms with E-state index in [1.165, 1.54) is 5.56 Å².